The molecule has 0 aliphatic carbocycles. The third kappa shape index (κ3) is 5.69. The zero-order valence-corrected chi connectivity index (χ0v) is 25.6. The van der Waals surface area contributed by atoms with E-state index in [4.69, 9.17) is 4.74 Å². The van der Waals surface area contributed by atoms with Crippen LogP contribution in [0.5, 0.6) is 5.75 Å². The smallest absolute Gasteiger partial charge is 0.118 e. The molecule has 0 saturated carbocycles. The van der Waals surface area contributed by atoms with Gasteiger partial charge in [0.25, 0.3) is 0 Å². The van der Waals surface area contributed by atoms with Crippen LogP contribution in [0.4, 0.5) is 0 Å². The van der Waals surface area contributed by atoms with Gasteiger partial charge in [0, 0.05) is 0 Å². The van der Waals surface area contributed by atoms with Gasteiger partial charge in [0.15, 0.2) is 0 Å². The van der Waals surface area contributed by atoms with Gasteiger partial charge < -0.3 is 4.74 Å². The summed E-state index contributed by atoms with van der Waals surface area (Å²) in [6.45, 7) is 20.5. The van der Waals surface area contributed by atoms with Crippen molar-refractivity contribution in [1.29, 1.82) is 0 Å². The van der Waals surface area contributed by atoms with Crippen molar-refractivity contribution >= 4 is 0 Å². The first kappa shape index (κ1) is 28.7. The van der Waals surface area contributed by atoms with Crippen LogP contribution in [0.15, 0.2) is 97.1 Å². The van der Waals surface area contributed by atoms with Gasteiger partial charge in [-0.3, -0.25) is 0 Å². The van der Waals surface area contributed by atoms with Gasteiger partial charge in [-0.05, 0) is 67.3 Å². The van der Waals surface area contributed by atoms with Crippen LogP contribution in [0.3, 0.4) is 0 Å². The minimum atomic E-state index is -0.491. The van der Waals surface area contributed by atoms with E-state index in [2.05, 4.69) is 159 Å². The summed E-state index contributed by atoms with van der Waals surface area (Å²) in [5.74, 6) is 0.863. The second-order valence-corrected chi connectivity index (χ2v) is 14.0. The number of rotatable bonds is 5. The van der Waals surface area contributed by atoms with Crippen molar-refractivity contribution in [3.8, 4) is 5.75 Å². The Morgan fingerprint density at radius 1 is 0.333 bits per heavy atom. The van der Waals surface area contributed by atoms with Crippen LogP contribution in [-0.4, -0.2) is 7.11 Å². The molecule has 0 unspecified atom stereocenters. The van der Waals surface area contributed by atoms with E-state index in [9.17, 15) is 0 Å². The number of benzene rings is 4. The lowest BCUT2D eigenvalue weighted by Crippen LogP contribution is -2.31. The molecule has 0 aliphatic rings. The normalized spacial score (nSPS) is 12.9. The molecule has 0 spiro atoms. The van der Waals surface area contributed by atoms with Gasteiger partial charge >= 0.3 is 0 Å². The molecular formula is C38H46O. The van der Waals surface area contributed by atoms with Crippen LogP contribution in [0.25, 0.3) is 0 Å². The van der Waals surface area contributed by atoms with Gasteiger partial charge in [-0.1, -0.05) is 147 Å². The van der Waals surface area contributed by atoms with Gasteiger partial charge in [0.1, 0.15) is 5.75 Å². The molecule has 0 aromatic heterocycles. The van der Waals surface area contributed by atoms with Gasteiger partial charge in [0.2, 0.25) is 0 Å². The molecule has 4 aromatic rings. The SMILES string of the molecule is COc1ccc(C(c2ccc(C(C)(C)C)cc2)(c2ccc(C(C)(C)C)cc2)c2ccc(C(C)(C)C)cc2)cc1. The summed E-state index contributed by atoms with van der Waals surface area (Å²) >= 11 is 0. The van der Waals surface area contributed by atoms with Gasteiger partial charge in [-0.25, -0.2) is 0 Å². The number of hydrogen-bond acceptors (Lipinski definition) is 1. The third-order valence-corrected chi connectivity index (χ3v) is 8.07. The molecule has 0 atom stereocenters. The summed E-state index contributed by atoms with van der Waals surface area (Å²) in [4.78, 5) is 0. The highest BCUT2D eigenvalue weighted by molar-refractivity contribution is 5.61. The van der Waals surface area contributed by atoms with Crippen LogP contribution in [0.2, 0.25) is 0 Å². The Kier molecular flexibility index (Phi) is 7.60. The number of ether oxygens (including phenoxy) is 1. The molecule has 0 aliphatic heterocycles. The highest BCUT2D eigenvalue weighted by Gasteiger charge is 2.39. The molecule has 4 rings (SSSR count). The molecule has 39 heavy (non-hydrogen) atoms. The Morgan fingerprint density at radius 2 is 0.538 bits per heavy atom. The molecule has 0 saturated heterocycles. The van der Waals surface area contributed by atoms with E-state index in [1.165, 1.54) is 38.9 Å². The topological polar surface area (TPSA) is 9.23 Å². The molecule has 0 bridgehead atoms. The fraction of sp³-hybridized carbons (Fsp3) is 0.368. The summed E-state index contributed by atoms with van der Waals surface area (Å²) in [5.41, 5.74) is 8.77. The van der Waals surface area contributed by atoms with E-state index in [0.717, 1.165) is 5.75 Å². The first-order chi connectivity index (χ1) is 18.2. The lowest BCUT2D eigenvalue weighted by molar-refractivity contribution is 0.414. The molecule has 0 amide bonds. The average Bonchev–Trinajstić information content (AvgIpc) is 2.89. The van der Waals surface area contributed by atoms with Crippen molar-refractivity contribution in [2.45, 2.75) is 84.0 Å². The minimum absolute atomic E-state index is 0.0873. The van der Waals surface area contributed by atoms with Crippen LogP contribution in [0.1, 0.15) is 101 Å². The fourth-order valence-electron chi connectivity index (χ4n) is 5.50. The summed E-state index contributed by atoms with van der Waals surface area (Å²) in [5, 5.41) is 0. The monoisotopic (exact) mass is 518 g/mol. The van der Waals surface area contributed by atoms with Crippen LogP contribution in [-0.2, 0) is 21.7 Å². The van der Waals surface area contributed by atoms with E-state index < -0.39 is 5.41 Å². The summed E-state index contributed by atoms with van der Waals surface area (Å²) < 4.78 is 5.56. The largest absolute Gasteiger partial charge is 0.497 e. The van der Waals surface area contributed by atoms with Crippen molar-refractivity contribution in [1.82, 2.24) is 0 Å². The van der Waals surface area contributed by atoms with E-state index in [1.807, 2.05) is 0 Å². The van der Waals surface area contributed by atoms with Crippen molar-refractivity contribution in [3.63, 3.8) is 0 Å². The molecule has 1 heteroatoms. The van der Waals surface area contributed by atoms with E-state index >= 15 is 0 Å². The number of hydrogen-bond donors (Lipinski definition) is 0. The first-order valence-electron chi connectivity index (χ1n) is 14.1. The predicted molar refractivity (Wildman–Crippen MR) is 167 cm³/mol. The highest BCUT2D eigenvalue weighted by atomic mass is 16.5. The van der Waals surface area contributed by atoms with Crippen molar-refractivity contribution in [2.24, 2.45) is 0 Å². The highest BCUT2D eigenvalue weighted by Crippen LogP contribution is 2.46. The van der Waals surface area contributed by atoms with Gasteiger partial charge in [-0.15, -0.1) is 0 Å². The van der Waals surface area contributed by atoms with Crippen LogP contribution < -0.4 is 4.74 Å². The average molecular weight is 519 g/mol. The molecule has 4 aromatic carbocycles. The summed E-state index contributed by atoms with van der Waals surface area (Å²) in [6.07, 6.45) is 0. The summed E-state index contributed by atoms with van der Waals surface area (Å²) in [7, 11) is 1.73. The lowest BCUT2D eigenvalue weighted by atomic mass is 9.64. The van der Waals surface area contributed by atoms with E-state index in [0.29, 0.717) is 0 Å². The van der Waals surface area contributed by atoms with Crippen molar-refractivity contribution < 1.29 is 4.74 Å². The Hall–Kier alpha value is -3.32. The minimum Gasteiger partial charge on any atom is -0.497 e. The van der Waals surface area contributed by atoms with Crippen molar-refractivity contribution in [3.05, 3.63) is 136 Å². The van der Waals surface area contributed by atoms with Gasteiger partial charge in [0.05, 0.1) is 12.5 Å². The quantitative estimate of drug-likeness (QED) is 0.239. The lowest BCUT2D eigenvalue weighted by Gasteiger charge is -2.38. The zero-order valence-electron chi connectivity index (χ0n) is 25.6. The maximum absolute atomic E-state index is 5.56. The molecular weight excluding hydrogens is 472 g/mol. The fourth-order valence-corrected chi connectivity index (χ4v) is 5.50. The molecule has 204 valence electrons. The first-order valence-corrected chi connectivity index (χ1v) is 14.1. The van der Waals surface area contributed by atoms with Crippen LogP contribution in [0, 0.1) is 0 Å². The second kappa shape index (κ2) is 10.3. The van der Waals surface area contributed by atoms with E-state index in [-0.39, 0.29) is 16.2 Å². The number of methoxy groups -OCH3 is 1. The maximum atomic E-state index is 5.56. The maximum Gasteiger partial charge on any atom is 0.118 e. The summed E-state index contributed by atoms with van der Waals surface area (Å²) in [6, 6.07) is 36.5. The Bertz CT molecular complexity index is 1230. The standard InChI is InChI=1S/C38H46O/c1-35(2,3)27-11-17-30(18-12-27)38(33-23-25-34(39-10)26-24-33,31-19-13-28(14-20-31)36(4,5)6)32-21-15-29(16-22-32)37(7,8)9/h11-26H,1-10H3. The van der Waals surface area contributed by atoms with Gasteiger partial charge in [-0.2, -0.15) is 0 Å². The van der Waals surface area contributed by atoms with Crippen LogP contribution >= 0.6 is 0 Å². The third-order valence-electron chi connectivity index (χ3n) is 8.07. The van der Waals surface area contributed by atoms with Crippen molar-refractivity contribution in [2.75, 3.05) is 7.11 Å². The second-order valence-electron chi connectivity index (χ2n) is 14.0. The molecule has 0 heterocycles. The zero-order chi connectivity index (χ0) is 28.6. The molecule has 0 radical (unpaired) electrons. The Morgan fingerprint density at radius 3 is 0.744 bits per heavy atom. The Balaban J connectivity index is 2.07. The molecule has 0 fully saturated rings. The van der Waals surface area contributed by atoms with E-state index in [1.54, 1.807) is 7.11 Å². The molecule has 1 nitrogen and oxygen atoms in total. The Labute approximate surface area is 237 Å². The molecule has 0 N–H and O–H groups in total. The predicted octanol–water partition coefficient (Wildman–Crippen LogP) is 9.97.